The van der Waals surface area contributed by atoms with Crippen molar-refractivity contribution in [1.82, 2.24) is 14.5 Å². The molecule has 0 fully saturated rings. The molecule has 0 spiro atoms. The van der Waals surface area contributed by atoms with Crippen LogP contribution in [-0.4, -0.2) is 45.2 Å². The quantitative estimate of drug-likeness (QED) is 0.662. The van der Waals surface area contributed by atoms with E-state index >= 15 is 0 Å². The molecule has 0 bridgehead atoms. The standard InChI is InChI=1S/C10H15N3O4/c1-7(14)5-12(2)9(16)6-13-4-3-8(15)11-10(13)17/h3-4,7,14H,5-6H2,1-2H3,(H,11,15,17). The topological polar surface area (TPSA) is 95.4 Å². The minimum atomic E-state index is -0.628. The van der Waals surface area contributed by atoms with E-state index in [0.29, 0.717) is 0 Å². The number of aliphatic hydroxyl groups is 1. The number of rotatable bonds is 4. The molecule has 2 N–H and O–H groups in total. The molecule has 1 amide bonds. The second-order valence-electron chi connectivity index (χ2n) is 3.86. The lowest BCUT2D eigenvalue weighted by atomic mass is 10.3. The van der Waals surface area contributed by atoms with Gasteiger partial charge in [-0.1, -0.05) is 0 Å². The molecule has 0 aromatic carbocycles. The lowest BCUT2D eigenvalue weighted by Crippen LogP contribution is -2.38. The van der Waals surface area contributed by atoms with Crippen LogP contribution in [0.2, 0.25) is 0 Å². The number of aromatic nitrogens is 2. The summed E-state index contributed by atoms with van der Waals surface area (Å²) in [6.45, 7) is 1.59. The molecule has 0 aliphatic carbocycles. The molecule has 0 aliphatic heterocycles. The lowest BCUT2D eigenvalue weighted by molar-refractivity contribution is -0.131. The predicted molar refractivity (Wildman–Crippen MR) is 60.6 cm³/mol. The Hall–Kier alpha value is -1.89. The van der Waals surface area contributed by atoms with Gasteiger partial charge < -0.3 is 10.0 Å². The van der Waals surface area contributed by atoms with Crippen molar-refractivity contribution in [2.24, 2.45) is 0 Å². The van der Waals surface area contributed by atoms with E-state index in [1.807, 2.05) is 0 Å². The first-order valence-electron chi connectivity index (χ1n) is 5.12. The average Bonchev–Trinajstić information content (AvgIpc) is 2.21. The summed E-state index contributed by atoms with van der Waals surface area (Å²) >= 11 is 0. The van der Waals surface area contributed by atoms with Crippen LogP contribution in [0.25, 0.3) is 0 Å². The number of hydrogen-bond acceptors (Lipinski definition) is 4. The third-order valence-corrected chi connectivity index (χ3v) is 2.17. The highest BCUT2D eigenvalue weighted by Gasteiger charge is 2.12. The van der Waals surface area contributed by atoms with E-state index in [-0.39, 0.29) is 19.0 Å². The van der Waals surface area contributed by atoms with Crippen molar-refractivity contribution in [1.29, 1.82) is 0 Å². The minimum Gasteiger partial charge on any atom is -0.392 e. The maximum absolute atomic E-state index is 11.6. The normalized spacial score (nSPS) is 12.2. The molecular formula is C10H15N3O4. The molecule has 1 unspecified atom stereocenters. The first-order valence-corrected chi connectivity index (χ1v) is 5.12. The molecule has 0 radical (unpaired) electrons. The second-order valence-corrected chi connectivity index (χ2v) is 3.86. The smallest absolute Gasteiger partial charge is 0.328 e. The number of aliphatic hydroxyl groups excluding tert-OH is 1. The van der Waals surface area contributed by atoms with Crippen LogP contribution in [0.15, 0.2) is 21.9 Å². The number of nitrogens with zero attached hydrogens (tertiary/aromatic N) is 2. The number of H-pyrrole nitrogens is 1. The van der Waals surface area contributed by atoms with Crippen molar-refractivity contribution in [3.8, 4) is 0 Å². The SMILES string of the molecule is CC(O)CN(C)C(=O)Cn1ccc(=O)[nH]c1=O. The Kier molecular flexibility index (Phi) is 4.22. The zero-order chi connectivity index (χ0) is 13.0. The molecule has 7 nitrogen and oxygen atoms in total. The molecular weight excluding hydrogens is 226 g/mol. The van der Waals surface area contributed by atoms with Crippen LogP contribution in [0.5, 0.6) is 0 Å². The van der Waals surface area contributed by atoms with Gasteiger partial charge in [-0.3, -0.25) is 19.1 Å². The van der Waals surface area contributed by atoms with Crippen molar-refractivity contribution >= 4 is 5.91 Å². The molecule has 17 heavy (non-hydrogen) atoms. The van der Waals surface area contributed by atoms with Gasteiger partial charge in [-0.05, 0) is 6.92 Å². The van der Waals surface area contributed by atoms with E-state index in [0.717, 1.165) is 4.57 Å². The summed E-state index contributed by atoms with van der Waals surface area (Å²) < 4.78 is 1.10. The first-order chi connectivity index (χ1) is 7.90. The van der Waals surface area contributed by atoms with Gasteiger partial charge in [0.25, 0.3) is 5.56 Å². The van der Waals surface area contributed by atoms with E-state index in [1.165, 1.54) is 24.2 Å². The summed E-state index contributed by atoms with van der Waals surface area (Å²) in [5.41, 5.74) is -1.13. The van der Waals surface area contributed by atoms with E-state index in [1.54, 1.807) is 6.92 Å². The molecule has 1 aromatic heterocycles. The fraction of sp³-hybridized carbons (Fsp3) is 0.500. The number of nitrogens with one attached hydrogen (secondary N) is 1. The number of aromatic amines is 1. The van der Waals surface area contributed by atoms with Gasteiger partial charge in [0, 0.05) is 25.9 Å². The maximum Gasteiger partial charge on any atom is 0.328 e. The van der Waals surface area contributed by atoms with Crippen molar-refractivity contribution in [2.45, 2.75) is 19.6 Å². The summed E-state index contributed by atoms with van der Waals surface area (Å²) in [5.74, 6) is -0.319. The predicted octanol–water partition coefficient (Wildman–Crippen LogP) is -1.62. The van der Waals surface area contributed by atoms with E-state index in [4.69, 9.17) is 5.11 Å². The van der Waals surface area contributed by atoms with Crippen LogP contribution >= 0.6 is 0 Å². The van der Waals surface area contributed by atoms with E-state index < -0.39 is 17.4 Å². The molecule has 1 atom stereocenters. The van der Waals surface area contributed by atoms with Crippen LogP contribution in [-0.2, 0) is 11.3 Å². The van der Waals surface area contributed by atoms with Gasteiger partial charge in [0.2, 0.25) is 5.91 Å². The van der Waals surface area contributed by atoms with E-state index in [2.05, 4.69) is 4.98 Å². The van der Waals surface area contributed by atoms with Gasteiger partial charge in [0.05, 0.1) is 6.10 Å². The third-order valence-electron chi connectivity index (χ3n) is 2.17. The Bertz CT molecular complexity index is 503. The maximum atomic E-state index is 11.6. The summed E-state index contributed by atoms with van der Waals surface area (Å²) in [7, 11) is 1.53. The highest BCUT2D eigenvalue weighted by Crippen LogP contribution is 1.91. The van der Waals surface area contributed by atoms with Gasteiger partial charge in [-0.25, -0.2) is 4.79 Å². The fourth-order valence-electron chi connectivity index (χ4n) is 1.33. The van der Waals surface area contributed by atoms with Crippen LogP contribution in [0.4, 0.5) is 0 Å². The van der Waals surface area contributed by atoms with Crippen molar-refractivity contribution < 1.29 is 9.90 Å². The largest absolute Gasteiger partial charge is 0.392 e. The lowest BCUT2D eigenvalue weighted by Gasteiger charge is -2.18. The van der Waals surface area contributed by atoms with Crippen LogP contribution in [0, 0.1) is 0 Å². The van der Waals surface area contributed by atoms with Gasteiger partial charge in [-0.2, -0.15) is 0 Å². The van der Waals surface area contributed by atoms with Crippen molar-refractivity contribution in [3.05, 3.63) is 33.1 Å². The van der Waals surface area contributed by atoms with Crippen molar-refractivity contribution in [3.63, 3.8) is 0 Å². The molecule has 0 saturated heterocycles. The fourth-order valence-corrected chi connectivity index (χ4v) is 1.33. The molecule has 1 rings (SSSR count). The zero-order valence-corrected chi connectivity index (χ0v) is 9.71. The monoisotopic (exact) mass is 241 g/mol. The molecule has 0 aliphatic rings. The third kappa shape index (κ3) is 3.87. The zero-order valence-electron chi connectivity index (χ0n) is 9.71. The molecule has 1 aromatic rings. The Labute approximate surface area is 97.3 Å². The number of carbonyl (C=O) groups is 1. The van der Waals surface area contributed by atoms with Gasteiger partial charge in [0.1, 0.15) is 6.54 Å². The molecule has 0 saturated carbocycles. The summed E-state index contributed by atoms with van der Waals surface area (Å²) in [4.78, 5) is 37.1. The summed E-state index contributed by atoms with van der Waals surface area (Å²) in [6, 6.07) is 1.17. The Balaban J connectivity index is 2.74. The van der Waals surface area contributed by atoms with E-state index in [9.17, 15) is 14.4 Å². The van der Waals surface area contributed by atoms with Crippen LogP contribution < -0.4 is 11.2 Å². The van der Waals surface area contributed by atoms with Crippen molar-refractivity contribution in [2.75, 3.05) is 13.6 Å². The second kappa shape index (κ2) is 5.44. The first kappa shape index (κ1) is 13.2. The van der Waals surface area contributed by atoms with Gasteiger partial charge in [-0.15, -0.1) is 0 Å². The molecule has 94 valence electrons. The Morgan fingerprint density at radius 1 is 1.59 bits per heavy atom. The number of hydrogen-bond donors (Lipinski definition) is 2. The van der Waals surface area contributed by atoms with Gasteiger partial charge >= 0.3 is 5.69 Å². The Morgan fingerprint density at radius 2 is 2.24 bits per heavy atom. The van der Waals surface area contributed by atoms with Gasteiger partial charge in [0.15, 0.2) is 0 Å². The summed E-state index contributed by atoms with van der Waals surface area (Å²) in [5, 5.41) is 9.12. The molecule has 1 heterocycles. The highest BCUT2D eigenvalue weighted by molar-refractivity contribution is 5.75. The average molecular weight is 241 g/mol. The van der Waals surface area contributed by atoms with Crippen LogP contribution in [0.1, 0.15) is 6.92 Å². The molecule has 7 heteroatoms. The van der Waals surface area contributed by atoms with Crippen LogP contribution in [0.3, 0.4) is 0 Å². The Morgan fingerprint density at radius 3 is 2.76 bits per heavy atom. The number of amides is 1. The summed E-state index contributed by atoms with van der Waals surface area (Å²) in [6.07, 6.45) is 0.631. The number of carbonyl (C=O) groups excluding carboxylic acids is 1. The number of likely N-dealkylation sites (N-methyl/N-ethyl adjacent to an activating group) is 1. The highest BCUT2D eigenvalue weighted by atomic mass is 16.3. The minimum absolute atomic E-state index is 0.168.